The van der Waals surface area contributed by atoms with E-state index in [2.05, 4.69) is 0 Å². The van der Waals surface area contributed by atoms with Crippen LogP contribution in [0.15, 0.2) is 0 Å². The monoisotopic (exact) mass is 694 g/mol. The van der Waals surface area contributed by atoms with Gasteiger partial charge in [0, 0.05) is 109 Å². The van der Waals surface area contributed by atoms with E-state index in [0.29, 0.717) is 96.7 Å². The molecule has 0 amide bonds. The molecule has 14 nitrogen and oxygen atoms in total. The van der Waals surface area contributed by atoms with Crippen LogP contribution in [0, 0.1) is 5.41 Å². The molecule has 0 aromatic carbocycles. The first-order valence-corrected chi connectivity index (χ1v) is 20.8. The molecule has 0 aliphatic rings. The fraction of sp³-hybridized carbons (Fsp3) is 1.00. The highest BCUT2D eigenvalue weighted by Crippen LogP contribution is 2.24. The van der Waals surface area contributed by atoms with Crippen LogP contribution >= 0.6 is 0 Å². The highest BCUT2D eigenvalue weighted by molar-refractivity contribution is 6.61. The van der Waals surface area contributed by atoms with Gasteiger partial charge in [-0.25, -0.2) is 0 Å². The second-order valence-electron chi connectivity index (χ2n) is 10.5. The van der Waals surface area contributed by atoms with Crippen molar-refractivity contribution in [3.05, 3.63) is 0 Å². The first-order chi connectivity index (χ1) is 21.1. The van der Waals surface area contributed by atoms with Gasteiger partial charge in [0.15, 0.2) is 0 Å². The lowest BCUT2D eigenvalue weighted by Gasteiger charge is -2.33. The van der Waals surface area contributed by atoms with Crippen LogP contribution in [0.25, 0.3) is 0 Å². The Kier molecular flexibility index (Phi) is 25.2. The number of aliphatic hydroxyl groups excluding tert-OH is 1. The highest BCUT2D eigenvalue weighted by atomic mass is 28.4. The molecule has 0 aliphatic heterocycles. The molecule has 0 rings (SSSR count). The van der Waals surface area contributed by atoms with Gasteiger partial charge in [-0.1, -0.05) is 0 Å². The van der Waals surface area contributed by atoms with Crippen molar-refractivity contribution in [1.29, 1.82) is 0 Å². The standard InChI is InChI=1S/C27H62O14Si3/c1-26(28)14-18-41-25-27(22-38-15-11-19-42(29-2,30-3)31-4,23-39-16-12-20-43(32-5,33-6)34-7)24-40-17-13-21-44(35-8,36-9)37-10/h26,28H,11-25H2,1-10H3. The van der Waals surface area contributed by atoms with Gasteiger partial charge in [-0.05, 0) is 32.6 Å². The summed E-state index contributed by atoms with van der Waals surface area (Å²) >= 11 is 0. The molecule has 266 valence electrons. The average molecular weight is 695 g/mol. The van der Waals surface area contributed by atoms with E-state index in [0.717, 1.165) is 0 Å². The van der Waals surface area contributed by atoms with Crippen LogP contribution in [0.2, 0.25) is 18.1 Å². The van der Waals surface area contributed by atoms with Crippen molar-refractivity contribution in [2.45, 2.75) is 56.8 Å². The number of hydrogen-bond donors (Lipinski definition) is 1. The molecular formula is C27H62O14Si3. The lowest BCUT2D eigenvalue weighted by molar-refractivity contribution is -0.108. The highest BCUT2D eigenvalue weighted by Gasteiger charge is 2.39. The molecule has 1 atom stereocenters. The van der Waals surface area contributed by atoms with Gasteiger partial charge in [-0.3, -0.25) is 0 Å². The van der Waals surface area contributed by atoms with Crippen molar-refractivity contribution in [1.82, 2.24) is 0 Å². The van der Waals surface area contributed by atoms with Crippen LogP contribution in [-0.2, 0) is 58.8 Å². The molecule has 0 aromatic rings. The fourth-order valence-electron chi connectivity index (χ4n) is 4.50. The van der Waals surface area contributed by atoms with Crippen molar-refractivity contribution in [2.24, 2.45) is 5.41 Å². The Labute approximate surface area is 269 Å². The van der Waals surface area contributed by atoms with Gasteiger partial charge in [-0.2, -0.15) is 0 Å². The van der Waals surface area contributed by atoms with Crippen molar-refractivity contribution >= 4 is 26.4 Å². The Hall–Kier alpha value is 0.0906. The Balaban J connectivity index is 5.49. The molecule has 0 saturated carbocycles. The molecule has 1 unspecified atom stereocenters. The average Bonchev–Trinajstić information content (AvgIpc) is 3.05. The molecule has 0 fully saturated rings. The summed E-state index contributed by atoms with van der Waals surface area (Å²) in [7, 11) is 6.31. The summed E-state index contributed by atoms with van der Waals surface area (Å²) in [4.78, 5) is 0. The summed E-state index contributed by atoms with van der Waals surface area (Å²) < 4.78 is 74.4. The zero-order valence-electron chi connectivity index (χ0n) is 28.9. The summed E-state index contributed by atoms with van der Waals surface area (Å²) in [5.74, 6) is 0. The number of hydrogen-bond acceptors (Lipinski definition) is 14. The van der Waals surface area contributed by atoms with Gasteiger partial charge in [0.2, 0.25) is 0 Å². The minimum absolute atomic E-state index is 0.326. The molecule has 0 spiro atoms. The van der Waals surface area contributed by atoms with Gasteiger partial charge in [0.25, 0.3) is 0 Å². The second kappa shape index (κ2) is 25.2. The lowest BCUT2D eigenvalue weighted by atomic mass is 9.92. The minimum atomic E-state index is -2.69. The number of ether oxygens (including phenoxy) is 4. The van der Waals surface area contributed by atoms with E-state index >= 15 is 0 Å². The first kappa shape index (κ1) is 44.1. The van der Waals surface area contributed by atoms with Gasteiger partial charge in [0.1, 0.15) is 0 Å². The molecule has 17 heteroatoms. The molecule has 0 bridgehead atoms. The Morgan fingerprint density at radius 3 is 0.932 bits per heavy atom. The summed E-state index contributed by atoms with van der Waals surface area (Å²) in [6.45, 7) is 4.87. The Bertz CT molecular complexity index is 569. The van der Waals surface area contributed by atoms with Crippen LogP contribution in [0.1, 0.15) is 32.6 Å². The molecule has 0 aliphatic carbocycles. The third kappa shape index (κ3) is 16.8. The van der Waals surface area contributed by atoms with E-state index in [1.54, 1.807) is 70.9 Å². The lowest BCUT2D eigenvalue weighted by Crippen LogP contribution is -2.44. The predicted molar refractivity (Wildman–Crippen MR) is 171 cm³/mol. The molecule has 0 aromatic heterocycles. The normalized spacial score (nSPS) is 14.0. The molecule has 0 radical (unpaired) electrons. The zero-order chi connectivity index (χ0) is 33.4. The Morgan fingerprint density at radius 2 is 0.705 bits per heavy atom. The predicted octanol–water partition coefficient (Wildman–Crippen LogP) is 2.61. The number of aliphatic hydroxyl groups is 1. The van der Waals surface area contributed by atoms with Crippen molar-refractivity contribution in [3.8, 4) is 0 Å². The molecule has 0 heterocycles. The third-order valence-electron chi connectivity index (χ3n) is 7.43. The third-order valence-corrected chi connectivity index (χ3v) is 15.9. The Morgan fingerprint density at radius 1 is 0.455 bits per heavy atom. The second-order valence-corrected chi connectivity index (χ2v) is 19.8. The van der Waals surface area contributed by atoms with E-state index in [4.69, 9.17) is 58.8 Å². The number of rotatable bonds is 32. The quantitative estimate of drug-likeness (QED) is 0.0815. The maximum absolute atomic E-state index is 9.73. The van der Waals surface area contributed by atoms with Crippen molar-refractivity contribution < 1.29 is 63.9 Å². The van der Waals surface area contributed by atoms with Gasteiger partial charge in [0.05, 0.1) is 37.9 Å². The summed E-state index contributed by atoms with van der Waals surface area (Å²) in [6.07, 6.45) is 2.14. The van der Waals surface area contributed by atoms with E-state index in [9.17, 15) is 5.11 Å². The molecule has 1 N–H and O–H groups in total. The van der Waals surface area contributed by atoms with Crippen LogP contribution in [0.3, 0.4) is 0 Å². The minimum Gasteiger partial charge on any atom is -0.393 e. The van der Waals surface area contributed by atoms with E-state index in [1.807, 2.05) is 0 Å². The van der Waals surface area contributed by atoms with Gasteiger partial charge < -0.3 is 63.9 Å². The maximum Gasteiger partial charge on any atom is 0.500 e. The van der Waals surface area contributed by atoms with Crippen molar-refractivity contribution in [3.63, 3.8) is 0 Å². The summed E-state index contributed by atoms with van der Waals surface area (Å²) in [5, 5.41) is 9.73. The topological polar surface area (TPSA) is 140 Å². The largest absolute Gasteiger partial charge is 0.500 e. The SMILES string of the molecule is CO[Si](CCCOCC(COCCC[Si](OC)(OC)OC)(COCCC[Si](OC)(OC)OC)COCCC(C)O)(OC)OC. The van der Waals surface area contributed by atoms with E-state index < -0.39 is 37.9 Å². The zero-order valence-corrected chi connectivity index (χ0v) is 31.9. The maximum atomic E-state index is 9.73. The van der Waals surface area contributed by atoms with Gasteiger partial charge in [-0.15, -0.1) is 0 Å². The summed E-state index contributed by atoms with van der Waals surface area (Å²) in [5.41, 5.74) is -0.604. The van der Waals surface area contributed by atoms with Crippen LogP contribution < -0.4 is 0 Å². The van der Waals surface area contributed by atoms with Crippen LogP contribution in [-0.4, -0.2) is 154 Å². The first-order valence-electron chi connectivity index (χ1n) is 15.0. The van der Waals surface area contributed by atoms with E-state index in [-0.39, 0.29) is 0 Å². The molecular weight excluding hydrogens is 633 g/mol. The van der Waals surface area contributed by atoms with E-state index in [1.165, 1.54) is 0 Å². The fourth-order valence-corrected chi connectivity index (χ4v) is 9.57. The summed E-state index contributed by atoms with van der Waals surface area (Å²) in [6, 6.07) is 1.86. The van der Waals surface area contributed by atoms with Crippen LogP contribution in [0.4, 0.5) is 0 Å². The van der Waals surface area contributed by atoms with Gasteiger partial charge >= 0.3 is 26.4 Å². The molecule has 44 heavy (non-hydrogen) atoms. The van der Waals surface area contributed by atoms with Crippen molar-refractivity contribution in [2.75, 3.05) is 117 Å². The molecule has 0 saturated heterocycles. The van der Waals surface area contributed by atoms with Crippen LogP contribution in [0.5, 0.6) is 0 Å². The smallest absolute Gasteiger partial charge is 0.393 e.